The first kappa shape index (κ1) is 15.9. The van der Waals surface area contributed by atoms with Crippen LogP contribution in [0.25, 0.3) is 17.2 Å². The zero-order valence-electron chi connectivity index (χ0n) is 14.5. The summed E-state index contributed by atoms with van der Waals surface area (Å²) in [5.41, 5.74) is 0.348. The van der Waals surface area contributed by atoms with E-state index in [1.165, 1.54) is 10.6 Å². The van der Waals surface area contributed by atoms with Gasteiger partial charge >= 0.3 is 0 Å². The van der Waals surface area contributed by atoms with Crippen molar-refractivity contribution < 1.29 is 9.59 Å². The van der Waals surface area contributed by atoms with Gasteiger partial charge in [-0.15, -0.1) is 5.10 Å². The van der Waals surface area contributed by atoms with Crippen molar-refractivity contribution in [3.8, 4) is 11.4 Å². The molecule has 3 aromatic rings. The number of aromatic amines is 1. The molecule has 0 radical (unpaired) electrons. The molecule has 2 unspecified atom stereocenters. The summed E-state index contributed by atoms with van der Waals surface area (Å²) in [5, 5.41) is 4.44. The second kappa shape index (κ2) is 5.87. The highest BCUT2D eigenvalue weighted by Gasteiger charge is 2.49. The standard InChI is InChI=1S/C19H17N5O3/c25-14-10-15(23-17(26)12-8-4-5-9-13(12)18(23)27)24-19(20-14)21-16(22-24)11-6-2-1-3-7-11/h1-3,6-7,10,12-13H,4-5,8-9H2,(H,20,21,22,25). The molecule has 8 nitrogen and oxygen atoms in total. The molecule has 2 atom stereocenters. The third-order valence-electron chi connectivity index (χ3n) is 5.42. The monoisotopic (exact) mass is 363 g/mol. The van der Waals surface area contributed by atoms with Crippen molar-refractivity contribution in [2.45, 2.75) is 25.7 Å². The number of aromatic nitrogens is 4. The van der Waals surface area contributed by atoms with Gasteiger partial charge < -0.3 is 0 Å². The first-order chi connectivity index (χ1) is 13.1. The van der Waals surface area contributed by atoms with Crippen LogP contribution in [0.5, 0.6) is 0 Å². The molecule has 5 rings (SSSR count). The molecular formula is C19H17N5O3. The molecule has 3 heterocycles. The van der Waals surface area contributed by atoms with Gasteiger partial charge in [0.2, 0.25) is 17.6 Å². The minimum absolute atomic E-state index is 0.160. The smallest absolute Gasteiger partial charge is 0.254 e. The van der Waals surface area contributed by atoms with Gasteiger partial charge in [0.25, 0.3) is 5.56 Å². The fourth-order valence-electron chi connectivity index (χ4n) is 4.13. The van der Waals surface area contributed by atoms with Gasteiger partial charge in [0.1, 0.15) is 0 Å². The quantitative estimate of drug-likeness (QED) is 0.699. The Morgan fingerprint density at radius 3 is 2.30 bits per heavy atom. The summed E-state index contributed by atoms with van der Waals surface area (Å²) in [5.74, 6) is -0.299. The molecule has 2 fully saturated rings. The van der Waals surface area contributed by atoms with E-state index in [0.29, 0.717) is 18.7 Å². The van der Waals surface area contributed by atoms with Crippen molar-refractivity contribution in [1.29, 1.82) is 0 Å². The summed E-state index contributed by atoms with van der Waals surface area (Å²) < 4.78 is 1.37. The van der Waals surface area contributed by atoms with E-state index in [1.807, 2.05) is 30.3 Å². The molecule has 1 saturated heterocycles. The van der Waals surface area contributed by atoms with Gasteiger partial charge in [-0.2, -0.15) is 9.50 Å². The van der Waals surface area contributed by atoms with Crippen LogP contribution in [0, 0.1) is 11.8 Å². The third-order valence-corrected chi connectivity index (χ3v) is 5.42. The Morgan fingerprint density at radius 2 is 1.63 bits per heavy atom. The number of amides is 2. The van der Waals surface area contributed by atoms with Gasteiger partial charge in [-0.05, 0) is 12.8 Å². The van der Waals surface area contributed by atoms with Crippen molar-refractivity contribution in [3.05, 3.63) is 46.8 Å². The Labute approximate surface area is 153 Å². The normalized spacial score (nSPS) is 22.4. The summed E-state index contributed by atoms with van der Waals surface area (Å²) in [4.78, 5) is 46.1. The Hall–Kier alpha value is -3.29. The highest BCUT2D eigenvalue weighted by molar-refractivity contribution is 6.21. The lowest BCUT2D eigenvalue weighted by Crippen LogP contribution is -2.34. The molecule has 1 N–H and O–H groups in total. The fourth-order valence-corrected chi connectivity index (χ4v) is 4.13. The van der Waals surface area contributed by atoms with Crippen LogP contribution in [0.1, 0.15) is 25.7 Å². The van der Waals surface area contributed by atoms with Crippen molar-refractivity contribution in [2.75, 3.05) is 4.90 Å². The largest absolute Gasteiger partial charge is 0.291 e. The van der Waals surface area contributed by atoms with Crippen molar-refractivity contribution in [1.82, 2.24) is 19.6 Å². The van der Waals surface area contributed by atoms with Crippen LogP contribution in [-0.2, 0) is 9.59 Å². The highest BCUT2D eigenvalue weighted by Crippen LogP contribution is 2.39. The first-order valence-corrected chi connectivity index (χ1v) is 9.07. The topological polar surface area (TPSA) is 100 Å². The number of carbonyl (C=O) groups is 2. The van der Waals surface area contributed by atoms with Gasteiger partial charge in [0.15, 0.2) is 11.6 Å². The summed E-state index contributed by atoms with van der Waals surface area (Å²) >= 11 is 0. The van der Waals surface area contributed by atoms with Gasteiger partial charge in [-0.25, -0.2) is 4.90 Å². The Balaban J connectivity index is 1.67. The summed E-state index contributed by atoms with van der Waals surface area (Å²) in [6, 6.07) is 10.6. The SMILES string of the molecule is O=C1C2CCCCC2C(=O)N1c1cc(=O)[nH]c2nc(-c3ccccc3)nn12. The van der Waals surface area contributed by atoms with E-state index in [0.717, 1.165) is 23.3 Å². The minimum Gasteiger partial charge on any atom is -0.291 e. The van der Waals surface area contributed by atoms with Crippen LogP contribution in [0.15, 0.2) is 41.2 Å². The Bertz CT molecular complexity index is 1090. The average Bonchev–Trinajstić information content (AvgIpc) is 3.22. The number of H-pyrrole nitrogens is 1. The minimum atomic E-state index is -0.431. The predicted molar refractivity (Wildman–Crippen MR) is 97.0 cm³/mol. The number of nitrogens with one attached hydrogen (secondary N) is 1. The van der Waals surface area contributed by atoms with Crippen LogP contribution in [0.2, 0.25) is 0 Å². The average molecular weight is 363 g/mol. The molecule has 2 aromatic heterocycles. The number of rotatable bonds is 2. The lowest BCUT2D eigenvalue weighted by molar-refractivity contribution is -0.122. The number of fused-ring (bicyclic) bond motifs is 2. The first-order valence-electron chi connectivity index (χ1n) is 9.07. The summed E-state index contributed by atoms with van der Waals surface area (Å²) in [6.45, 7) is 0. The zero-order valence-corrected chi connectivity index (χ0v) is 14.5. The number of anilines is 1. The van der Waals surface area contributed by atoms with Crippen LogP contribution >= 0.6 is 0 Å². The number of nitrogens with zero attached hydrogens (tertiary/aromatic N) is 4. The number of benzene rings is 1. The number of hydrogen-bond acceptors (Lipinski definition) is 5. The zero-order chi connectivity index (χ0) is 18.5. The Morgan fingerprint density at radius 1 is 0.963 bits per heavy atom. The second-order valence-corrected chi connectivity index (χ2v) is 7.04. The molecule has 1 aliphatic carbocycles. The van der Waals surface area contributed by atoms with Crippen molar-refractivity contribution in [2.24, 2.45) is 11.8 Å². The Kier molecular flexibility index (Phi) is 3.46. The molecule has 1 aliphatic heterocycles. The van der Waals surface area contributed by atoms with Crippen LogP contribution in [0.3, 0.4) is 0 Å². The molecule has 1 aromatic carbocycles. The predicted octanol–water partition coefficient (Wildman–Crippen LogP) is 1.76. The van der Waals surface area contributed by atoms with Gasteiger partial charge in [0.05, 0.1) is 11.8 Å². The maximum atomic E-state index is 12.9. The molecule has 2 amide bonds. The van der Waals surface area contributed by atoms with Crippen LogP contribution in [0.4, 0.5) is 5.82 Å². The van der Waals surface area contributed by atoms with E-state index in [2.05, 4.69) is 15.1 Å². The maximum Gasteiger partial charge on any atom is 0.254 e. The van der Waals surface area contributed by atoms with Gasteiger partial charge in [-0.3, -0.25) is 19.4 Å². The van der Waals surface area contributed by atoms with E-state index in [9.17, 15) is 14.4 Å². The molecular weight excluding hydrogens is 346 g/mol. The van der Waals surface area contributed by atoms with E-state index >= 15 is 0 Å². The second-order valence-electron chi connectivity index (χ2n) is 7.04. The lowest BCUT2D eigenvalue weighted by Gasteiger charge is -2.19. The molecule has 136 valence electrons. The molecule has 0 spiro atoms. The molecule has 8 heteroatoms. The van der Waals surface area contributed by atoms with E-state index in [1.54, 1.807) is 0 Å². The number of carbonyl (C=O) groups excluding carboxylic acids is 2. The summed E-state index contributed by atoms with van der Waals surface area (Å²) in [7, 11) is 0. The van der Waals surface area contributed by atoms with Crippen LogP contribution < -0.4 is 10.5 Å². The highest BCUT2D eigenvalue weighted by atomic mass is 16.2. The lowest BCUT2D eigenvalue weighted by atomic mass is 9.81. The maximum absolute atomic E-state index is 12.9. The number of imide groups is 1. The van der Waals surface area contributed by atoms with E-state index < -0.39 is 5.56 Å². The van der Waals surface area contributed by atoms with E-state index in [4.69, 9.17) is 0 Å². The van der Waals surface area contributed by atoms with Crippen molar-refractivity contribution in [3.63, 3.8) is 0 Å². The van der Waals surface area contributed by atoms with Crippen LogP contribution in [-0.4, -0.2) is 31.4 Å². The van der Waals surface area contributed by atoms with E-state index in [-0.39, 0.29) is 35.2 Å². The molecule has 1 saturated carbocycles. The van der Waals surface area contributed by atoms with Gasteiger partial charge in [0, 0.05) is 11.6 Å². The number of hydrogen-bond donors (Lipinski definition) is 1. The summed E-state index contributed by atoms with van der Waals surface area (Å²) in [6.07, 6.45) is 3.32. The molecule has 0 bridgehead atoms. The fraction of sp³-hybridized carbons (Fsp3) is 0.316. The van der Waals surface area contributed by atoms with Crippen molar-refractivity contribution >= 4 is 23.4 Å². The molecule has 27 heavy (non-hydrogen) atoms. The molecule has 2 aliphatic rings. The van der Waals surface area contributed by atoms with Gasteiger partial charge in [-0.1, -0.05) is 43.2 Å². The third kappa shape index (κ3) is 2.40.